The topological polar surface area (TPSA) is 52.6 Å². The number of carbonyl (C=O) groups is 1. The summed E-state index contributed by atoms with van der Waals surface area (Å²) in [5.74, 6) is 0.673. The summed E-state index contributed by atoms with van der Waals surface area (Å²) in [5.41, 5.74) is 0. The van der Waals surface area contributed by atoms with Crippen molar-refractivity contribution in [3.63, 3.8) is 0 Å². The van der Waals surface area contributed by atoms with Gasteiger partial charge >= 0.3 is 6.03 Å². The van der Waals surface area contributed by atoms with Gasteiger partial charge in [-0.3, -0.25) is 0 Å². The SMILES string of the molecule is CC(C)C(C)NC(=O)N(C)CC1CCCCC1O. The van der Waals surface area contributed by atoms with Crippen LogP contribution >= 0.6 is 0 Å². The summed E-state index contributed by atoms with van der Waals surface area (Å²) >= 11 is 0. The fraction of sp³-hybridized carbons (Fsp3) is 0.929. The van der Waals surface area contributed by atoms with E-state index in [-0.39, 0.29) is 24.1 Å². The highest BCUT2D eigenvalue weighted by Gasteiger charge is 2.26. The van der Waals surface area contributed by atoms with E-state index in [0.29, 0.717) is 12.5 Å². The predicted octanol–water partition coefficient (Wildman–Crippen LogP) is 2.22. The van der Waals surface area contributed by atoms with Crippen molar-refractivity contribution < 1.29 is 9.90 Å². The van der Waals surface area contributed by atoms with Crippen LogP contribution in [0.25, 0.3) is 0 Å². The highest BCUT2D eigenvalue weighted by molar-refractivity contribution is 5.74. The van der Waals surface area contributed by atoms with Crippen LogP contribution in [0.3, 0.4) is 0 Å². The quantitative estimate of drug-likeness (QED) is 0.810. The molecule has 2 amide bonds. The summed E-state index contributed by atoms with van der Waals surface area (Å²) in [4.78, 5) is 13.7. The van der Waals surface area contributed by atoms with Crippen LogP contribution in [0, 0.1) is 11.8 Å². The highest BCUT2D eigenvalue weighted by atomic mass is 16.3. The Morgan fingerprint density at radius 3 is 2.50 bits per heavy atom. The smallest absolute Gasteiger partial charge is 0.317 e. The van der Waals surface area contributed by atoms with Crippen LogP contribution in [0.1, 0.15) is 46.5 Å². The average molecular weight is 256 g/mol. The molecule has 0 aromatic rings. The zero-order valence-corrected chi connectivity index (χ0v) is 12.1. The molecular weight excluding hydrogens is 228 g/mol. The first-order valence-corrected chi connectivity index (χ1v) is 7.11. The first-order valence-electron chi connectivity index (χ1n) is 7.11. The van der Waals surface area contributed by atoms with Gasteiger partial charge in [0, 0.05) is 25.6 Å². The van der Waals surface area contributed by atoms with Crippen LogP contribution in [-0.4, -0.2) is 41.8 Å². The van der Waals surface area contributed by atoms with Crippen LogP contribution in [0.4, 0.5) is 4.79 Å². The summed E-state index contributed by atoms with van der Waals surface area (Å²) in [6.45, 7) is 6.86. The molecule has 1 aliphatic rings. The van der Waals surface area contributed by atoms with Gasteiger partial charge in [0.15, 0.2) is 0 Å². The molecule has 0 spiro atoms. The third-order valence-corrected chi connectivity index (χ3v) is 4.08. The number of nitrogens with one attached hydrogen (secondary N) is 1. The molecule has 0 aromatic carbocycles. The normalized spacial score (nSPS) is 25.9. The van der Waals surface area contributed by atoms with Gasteiger partial charge in [0.25, 0.3) is 0 Å². The maximum atomic E-state index is 12.0. The van der Waals surface area contributed by atoms with Crippen LogP contribution in [0.5, 0.6) is 0 Å². The molecule has 0 bridgehead atoms. The van der Waals surface area contributed by atoms with Crippen molar-refractivity contribution in [1.82, 2.24) is 10.2 Å². The third-order valence-electron chi connectivity index (χ3n) is 4.08. The molecule has 18 heavy (non-hydrogen) atoms. The minimum atomic E-state index is -0.239. The largest absolute Gasteiger partial charge is 0.393 e. The van der Waals surface area contributed by atoms with Gasteiger partial charge < -0.3 is 15.3 Å². The van der Waals surface area contributed by atoms with E-state index in [4.69, 9.17) is 0 Å². The van der Waals surface area contributed by atoms with E-state index in [1.54, 1.807) is 4.90 Å². The molecule has 0 saturated heterocycles. The lowest BCUT2D eigenvalue weighted by Crippen LogP contribution is -2.46. The number of rotatable bonds is 4. The van der Waals surface area contributed by atoms with E-state index in [1.807, 2.05) is 14.0 Å². The second-order valence-electron chi connectivity index (χ2n) is 5.97. The molecule has 1 aliphatic carbocycles. The molecule has 0 aliphatic heterocycles. The Hall–Kier alpha value is -0.770. The van der Waals surface area contributed by atoms with Gasteiger partial charge in [-0.05, 0) is 25.7 Å². The van der Waals surface area contributed by atoms with E-state index >= 15 is 0 Å². The molecule has 1 rings (SSSR count). The Kier molecular flexibility index (Phi) is 5.93. The van der Waals surface area contributed by atoms with Crippen LogP contribution < -0.4 is 5.32 Å². The molecule has 4 nitrogen and oxygen atoms in total. The molecule has 106 valence electrons. The summed E-state index contributed by atoms with van der Waals surface area (Å²) in [6, 6.07) is 0.144. The zero-order chi connectivity index (χ0) is 13.7. The van der Waals surface area contributed by atoms with Crippen molar-refractivity contribution in [2.24, 2.45) is 11.8 Å². The molecular formula is C14H28N2O2. The lowest BCUT2D eigenvalue weighted by molar-refractivity contribution is 0.0562. The first-order chi connectivity index (χ1) is 8.41. The van der Waals surface area contributed by atoms with Crippen LogP contribution in [-0.2, 0) is 0 Å². The van der Waals surface area contributed by atoms with Gasteiger partial charge in [-0.15, -0.1) is 0 Å². The highest BCUT2D eigenvalue weighted by Crippen LogP contribution is 2.24. The number of urea groups is 1. The van der Waals surface area contributed by atoms with E-state index in [0.717, 1.165) is 19.3 Å². The number of nitrogens with zero attached hydrogens (tertiary/aromatic N) is 1. The number of carbonyl (C=O) groups excluding carboxylic acids is 1. The lowest BCUT2D eigenvalue weighted by atomic mass is 9.86. The van der Waals surface area contributed by atoms with Crippen molar-refractivity contribution in [2.75, 3.05) is 13.6 Å². The summed E-state index contributed by atoms with van der Waals surface area (Å²) < 4.78 is 0. The summed E-state index contributed by atoms with van der Waals surface area (Å²) in [6.07, 6.45) is 3.94. The van der Waals surface area contributed by atoms with Crippen molar-refractivity contribution in [2.45, 2.75) is 58.6 Å². The Bertz CT molecular complexity index is 269. The van der Waals surface area contributed by atoms with E-state index in [9.17, 15) is 9.90 Å². The fourth-order valence-electron chi connectivity index (χ4n) is 2.31. The number of aliphatic hydroxyl groups is 1. The van der Waals surface area contributed by atoms with Gasteiger partial charge in [0.05, 0.1) is 6.10 Å². The maximum Gasteiger partial charge on any atom is 0.317 e. The number of hydrogen-bond donors (Lipinski definition) is 2. The van der Waals surface area contributed by atoms with E-state index in [2.05, 4.69) is 19.2 Å². The molecule has 1 fully saturated rings. The van der Waals surface area contributed by atoms with Gasteiger partial charge in [0.1, 0.15) is 0 Å². The molecule has 2 N–H and O–H groups in total. The standard InChI is InChI=1S/C14H28N2O2/c1-10(2)11(3)15-14(18)16(4)9-12-7-5-6-8-13(12)17/h10-13,17H,5-9H2,1-4H3,(H,15,18). The Labute approximate surface area is 111 Å². The van der Waals surface area contributed by atoms with E-state index in [1.165, 1.54) is 6.42 Å². The molecule has 0 heterocycles. The molecule has 0 radical (unpaired) electrons. The fourth-order valence-corrected chi connectivity index (χ4v) is 2.31. The minimum Gasteiger partial charge on any atom is -0.393 e. The molecule has 0 aromatic heterocycles. The van der Waals surface area contributed by atoms with Crippen molar-refractivity contribution in [3.8, 4) is 0 Å². The lowest BCUT2D eigenvalue weighted by Gasteiger charge is -2.32. The predicted molar refractivity (Wildman–Crippen MR) is 73.4 cm³/mol. The Morgan fingerprint density at radius 1 is 1.33 bits per heavy atom. The van der Waals surface area contributed by atoms with Crippen LogP contribution in [0.2, 0.25) is 0 Å². The molecule has 1 saturated carbocycles. The first kappa shape index (κ1) is 15.3. The van der Waals surface area contributed by atoms with Crippen molar-refractivity contribution in [1.29, 1.82) is 0 Å². The maximum absolute atomic E-state index is 12.0. The third kappa shape index (κ3) is 4.48. The minimum absolute atomic E-state index is 0.0334. The number of amides is 2. The molecule has 4 heteroatoms. The van der Waals surface area contributed by atoms with E-state index < -0.39 is 0 Å². The molecule has 3 atom stereocenters. The Morgan fingerprint density at radius 2 is 1.94 bits per heavy atom. The monoisotopic (exact) mass is 256 g/mol. The zero-order valence-electron chi connectivity index (χ0n) is 12.1. The van der Waals surface area contributed by atoms with Gasteiger partial charge in [-0.2, -0.15) is 0 Å². The van der Waals surface area contributed by atoms with Gasteiger partial charge in [-0.1, -0.05) is 26.7 Å². The average Bonchev–Trinajstić information content (AvgIpc) is 2.31. The molecule has 3 unspecified atom stereocenters. The van der Waals surface area contributed by atoms with Gasteiger partial charge in [0.2, 0.25) is 0 Å². The van der Waals surface area contributed by atoms with Gasteiger partial charge in [-0.25, -0.2) is 4.79 Å². The number of hydrogen-bond acceptors (Lipinski definition) is 2. The van der Waals surface area contributed by atoms with Crippen LogP contribution in [0.15, 0.2) is 0 Å². The van der Waals surface area contributed by atoms with Crippen molar-refractivity contribution in [3.05, 3.63) is 0 Å². The summed E-state index contributed by atoms with van der Waals surface area (Å²) in [5, 5.41) is 12.9. The second kappa shape index (κ2) is 6.98. The second-order valence-corrected chi connectivity index (χ2v) is 5.97. The summed E-state index contributed by atoms with van der Waals surface area (Å²) in [7, 11) is 1.81. The number of aliphatic hydroxyl groups excluding tert-OH is 1. The Balaban J connectivity index is 2.39. The van der Waals surface area contributed by atoms with Crippen molar-refractivity contribution >= 4 is 6.03 Å².